The third-order valence-electron chi connectivity index (χ3n) is 6.77. The van der Waals surface area contributed by atoms with Crippen LogP contribution in [0.3, 0.4) is 0 Å². The molecule has 2 aromatic carbocycles. The zero-order chi connectivity index (χ0) is 32.4. The Balaban J connectivity index is 1.51. The molecule has 236 valence electrons. The second kappa shape index (κ2) is 15.6. The number of hydrogen-bond donors (Lipinski definition) is 1. The molecule has 1 aliphatic rings. The van der Waals surface area contributed by atoms with E-state index in [9.17, 15) is 29.1 Å². The van der Waals surface area contributed by atoms with Gasteiger partial charge in [-0.3, -0.25) is 19.2 Å². The number of carbonyl (C=O) groups excluding carboxylic acids is 5. The fourth-order valence-electron chi connectivity index (χ4n) is 4.49. The van der Waals surface area contributed by atoms with Crippen LogP contribution in [0.2, 0.25) is 0 Å². The van der Waals surface area contributed by atoms with Gasteiger partial charge in [0.05, 0.1) is 13.5 Å². The van der Waals surface area contributed by atoms with Gasteiger partial charge in [0.25, 0.3) is 0 Å². The van der Waals surface area contributed by atoms with Gasteiger partial charge in [0.1, 0.15) is 42.6 Å². The van der Waals surface area contributed by atoms with Gasteiger partial charge in [-0.1, -0.05) is 23.8 Å². The van der Waals surface area contributed by atoms with Crippen molar-refractivity contribution < 1.29 is 57.5 Å². The minimum atomic E-state index is -0.947. The average molecular weight is 613 g/mol. The molecule has 0 aliphatic carbocycles. The molecule has 0 saturated heterocycles. The molecule has 12 nitrogen and oxygen atoms in total. The zero-order valence-electron chi connectivity index (χ0n) is 25.4. The van der Waals surface area contributed by atoms with E-state index in [1.165, 1.54) is 21.0 Å². The minimum absolute atomic E-state index is 0.0922. The molecule has 44 heavy (non-hydrogen) atoms. The number of allylic oxidation sites excluding steroid dienone is 2. The molecular formula is C32H36O12. The number of phenolic OH excluding ortho intramolecular Hbond substituents is 1. The Labute approximate surface area is 254 Å². The molecule has 1 N–H and O–H groups in total. The van der Waals surface area contributed by atoms with Gasteiger partial charge in [-0.25, -0.2) is 4.79 Å². The summed E-state index contributed by atoms with van der Waals surface area (Å²) in [5, 5.41) is 10.8. The number of ether oxygens (including phenoxy) is 6. The van der Waals surface area contributed by atoms with E-state index in [1.54, 1.807) is 24.3 Å². The van der Waals surface area contributed by atoms with E-state index < -0.39 is 36.0 Å². The first kappa shape index (κ1) is 33.6. The first-order chi connectivity index (χ1) is 20.9. The van der Waals surface area contributed by atoms with Crippen LogP contribution in [0.15, 0.2) is 35.9 Å². The summed E-state index contributed by atoms with van der Waals surface area (Å²) in [6.45, 7) is 5.66. The summed E-state index contributed by atoms with van der Waals surface area (Å²) in [4.78, 5) is 59.1. The van der Waals surface area contributed by atoms with E-state index in [4.69, 9.17) is 28.4 Å². The Kier molecular flexibility index (Phi) is 11.9. The fraction of sp³-hybridized carbons (Fsp3) is 0.406. The fourth-order valence-corrected chi connectivity index (χ4v) is 4.49. The summed E-state index contributed by atoms with van der Waals surface area (Å²) in [6.07, 6.45) is 1.58. The predicted octanol–water partition coefficient (Wildman–Crippen LogP) is 3.83. The van der Waals surface area contributed by atoms with Crippen LogP contribution >= 0.6 is 0 Å². The van der Waals surface area contributed by atoms with Gasteiger partial charge in [-0.15, -0.1) is 0 Å². The number of benzene rings is 2. The van der Waals surface area contributed by atoms with Gasteiger partial charge in [-0.2, -0.15) is 0 Å². The van der Waals surface area contributed by atoms with Crippen LogP contribution in [0.25, 0.3) is 0 Å². The van der Waals surface area contributed by atoms with Gasteiger partial charge in [0.2, 0.25) is 0 Å². The minimum Gasteiger partial charge on any atom is -0.507 e. The van der Waals surface area contributed by atoms with Gasteiger partial charge in [-0.05, 0) is 49.9 Å². The van der Waals surface area contributed by atoms with Crippen LogP contribution in [-0.4, -0.2) is 61.4 Å². The molecule has 0 saturated carbocycles. The number of carbonyl (C=O) groups is 5. The number of methoxy groups -OCH3 is 1. The average Bonchev–Trinajstić information content (AvgIpc) is 3.37. The summed E-state index contributed by atoms with van der Waals surface area (Å²) in [5.74, 6) is -2.15. The molecule has 0 fully saturated rings. The smallest absolute Gasteiger partial charge is 0.342 e. The van der Waals surface area contributed by atoms with Crippen LogP contribution in [0.1, 0.15) is 66.2 Å². The van der Waals surface area contributed by atoms with E-state index in [1.807, 2.05) is 19.9 Å². The van der Waals surface area contributed by atoms with Crippen molar-refractivity contribution >= 4 is 29.8 Å². The molecule has 0 atom stereocenters. The van der Waals surface area contributed by atoms with Crippen LogP contribution in [0.4, 0.5) is 0 Å². The number of cyclic esters (lactones) is 1. The molecule has 0 radical (unpaired) electrons. The first-order valence-corrected chi connectivity index (χ1v) is 13.9. The van der Waals surface area contributed by atoms with Crippen LogP contribution in [0.5, 0.6) is 17.2 Å². The van der Waals surface area contributed by atoms with Gasteiger partial charge >= 0.3 is 29.8 Å². The van der Waals surface area contributed by atoms with Crippen molar-refractivity contribution in [1.29, 1.82) is 0 Å². The van der Waals surface area contributed by atoms with Crippen molar-refractivity contribution in [1.82, 2.24) is 0 Å². The Morgan fingerprint density at radius 1 is 0.977 bits per heavy atom. The lowest BCUT2D eigenvalue weighted by molar-refractivity contribution is -0.165. The number of hydrogen-bond acceptors (Lipinski definition) is 12. The van der Waals surface area contributed by atoms with Crippen molar-refractivity contribution in [3.8, 4) is 17.2 Å². The molecule has 0 unspecified atom stereocenters. The maximum absolute atomic E-state index is 12.5. The van der Waals surface area contributed by atoms with E-state index >= 15 is 0 Å². The number of rotatable bonds is 14. The quantitative estimate of drug-likeness (QED) is 0.142. The van der Waals surface area contributed by atoms with E-state index in [0.717, 1.165) is 11.1 Å². The van der Waals surface area contributed by atoms with Crippen molar-refractivity contribution in [2.24, 2.45) is 0 Å². The highest BCUT2D eigenvalue weighted by molar-refractivity contribution is 5.98. The third-order valence-corrected chi connectivity index (χ3v) is 6.77. The van der Waals surface area contributed by atoms with E-state index in [2.05, 4.69) is 0 Å². The molecule has 1 aliphatic heterocycles. The Morgan fingerprint density at radius 2 is 1.61 bits per heavy atom. The Hall–Kier alpha value is -4.87. The van der Waals surface area contributed by atoms with Crippen molar-refractivity contribution in [2.75, 3.05) is 20.3 Å². The van der Waals surface area contributed by atoms with E-state index in [0.29, 0.717) is 34.6 Å². The number of aromatic hydroxyl groups is 1. The van der Waals surface area contributed by atoms with E-state index in [-0.39, 0.29) is 50.4 Å². The maximum Gasteiger partial charge on any atom is 0.342 e. The zero-order valence-corrected chi connectivity index (χ0v) is 25.4. The van der Waals surface area contributed by atoms with Crippen molar-refractivity contribution in [3.63, 3.8) is 0 Å². The summed E-state index contributed by atoms with van der Waals surface area (Å²) in [6, 6.07) is 6.32. The highest BCUT2D eigenvalue weighted by Gasteiger charge is 2.31. The van der Waals surface area contributed by atoms with Crippen LogP contribution in [-0.2, 0) is 57.6 Å². The standard InChI is InChI=1S/C32H36O12/c1-18(6-12-25-30(37)29-26(17-42-32(29)38)19(2)31(25)39-5)7-13-27(35)43-23-10-8-22(9-11-23)14-28(36)44-24(15-40-20(3)33)16-41-21(4)34/h6,8-11,24,37H,7,12-17H2,1-5H3/b18-6+. The summed E-state index contributed by atoms with van der Waals surface area (Å²) >= 11 is 0. The molecule has 0 bridgehead atoms. The van der Waals surface area contributed by atoms with Gasteiger partial charge in [0, 0.05) is 31.4 Å². The molecule has 0 amide bonds. The summed E-state index contributed by atoms with van der Waals surface area (Å²) in [5.41, 5.74) is 3.45. The maximum atomic E-state index is 12.5. The third kappa shape index (κ3) is 9.32. The highest BCUT2D eigenvalue weighted by atomic mass is 16.6. The summed E-state index contributed by atoms with van der Waals surface area (Å²) in [7, 11) is 1.50. The van der Waals surface area contributed by atoms with Crippen LogP contribution < -0.4 is 9.47 Å². The number of phenols is 1. The lowest BCUT2D eigenvalue weighted by Crippen LogP contribution is -2.30. The summed E-state index contributed by atoms with van der Waals surface area (Å²) < 4.78 is 31.0. The number of esters is 5. The first-order valence-electron chi connectivity index (χ1n) is 13.9. The number of fused-ring (bicyclic) bond motifs is 1. The Bertz CT molecular complexity index is 1420. The second-order valence-corrected chi connectivity index (χ2v) is 10.2. The molecule has 2 aromatic rings. The molecule has 0 spiro atoms. The molecule has 3 rings (SSSR count). The largest absolute Gasteiger partial charge is 0.507 e. The topological polar surface area (TPSA) is 161 Å². The normalized spacial score (nSPS) is 12.3. The monoisotopic (exact) mass is 612 g/mol. The molecule has 1 heterocycles. The van der Waals surface area contributed by atoms with Crippen LogP contribution in [0, 0.1) is 6.92 Å². The van der Waals surface area contributed by atoms with Gasteiger partial charge in [0.15, 0.2) is 6.10 Å². The van der Waals surface area contributed by atoms with Crippen molar-refractivity contribution in [2.45, 2.75) is 66.1 Å². The molecule has 0 aromatic heterocycles. The lowest BCUT2D eigenvalue weighted by Gasteiger charge is -2.17. The second-order valence-electron chi connectivity index (χ2n) is 10.2. The van der Waals surface area contributed by atoms with Gasteiger partial charge < -0.3 is 33.5 Å². The SMILES string of the molecule is COc1c(C)c2c(c(O)c1C/C=C(\C)CCC(=O)Oc1ccc(CC(=O)OC(COC(C)=O)COC(C)=O)cc1)C(=O)OC2. The van der Waals surface area contributed by atoms with Crippen molar-refractivity contribution in [3.05, 3.63) is 63.7 Å². The highest BCUT2D eigenvalue weighted by Crippen LogP contribution is 2.42. The predicted molar refractivity (Wildman–Crippen MR) is 154 cm³/mol. The Morgan fingerprint density at radius 3 is 2.20 bits per heavy atom. The lowest BCUT2D eigenvalue weighted by atomic mass is 9.94. The molecular weight excluding hydrogens is 576 g/mol. The molecule has 12 heteroatoms.